The molecule has 1 amide bonds. The van der Waals surface area contributed by atoms with Gasteiger partial charge in [0.25, 0.3) is 11.5 Å². The van der Waals surface area contributed by atoms with Gasteiger partial charge >= 0.3 is 0 Å². The molecule has 1 aliphatic heterocycles. The van der Waals surface area contributed by atoms with E-state index in [1.54, 1.807) is 17.7 Å². The number of piperidine rings is 1. The molecule has 14 heteroatoms. The van der Waals surface area contributed by atoms with Crippen LogP contribution in [0.1, 0.15) is 65.1 Å². The van der Waals surface area contributed by atoms with Crippen LogP contribution < -0.4 is 20.5 Å². The van der Waals surface area contributed by atoms with E-state index in [1.165, 1.54) is 24.6 Å². The number of hydrogen-bond acceptors (Lipinski definition) is 9. The van der Waals surface area contributed by atoms with E-state index in [2.05, 4.69) is 32.1 Å². The van der Waals surface area contributed by atoms with Gasteiger partial charge in [-0.3, -0.25) is 18.8 Å². The van der Waals surface area contributed by atoms with Crippen molar-refractivity contribution in [1.82, 2.24) is 29.0 Å². The maximum absolute atomic E-state index is 13.7. The van der Waals surface area contributed by atoms with Crippen LogP contribution in [0.5, 0.6) is 0 Å². The molecule has 44 heavy (non-hydrogen) atoms. The summed E-state index contributed by atoms with van der Waals surface area (Å²) in [6.07, 6.45) is 5.41. The smallest absolute Gasteiger partial charge is 0.285 e. The number of halogens is 1. The SMILES string of the molecule is Cc1cc([C@@H](C)Nc2ccc(Cl)nc2C(=O)NS(C)(=O)=O)c2nc(N3C[C@@H]4C(c5ccn(C6CC6)n5)[C@@H]4C3)n(C)c(=O)c2c1. The molecule has 3 aliphatic rings. The van der Waals surface area contributed by atoms with Crippen LogP contribution in [0, 0.1) is 18.8 Å². The summed E-state index contributed by atoms with van der Waals surface area (Å²) in [5.41, 5.74) is 3.37. The highest BCUT2D eigenvalue weighted by Crippen LogP contribution is 2.58. The third-order valence-corrected chi connectivity index (χ3v) is 9.66. The molecule has 2 N–H and O–H groups in total. The fourth-order valence-electron chi connectivity index (χ4n) is 6.61. The lowest BCUT2D eigenvalue weighted by molar-refractivity contribution is 0.0977. The van der Waals surface area contributed by atoms with E-state index >= 15 is 0 Å². The second-order valence-electron chi connectivity index (χ2n) is 12.3. The summed E-state index contributed by atoms with van der Waals surface area (Å²) >= 11 is 6.04. The Kier molecular flexibility index (Phi) is 6.74. The first-order valence-corrected chi connectivity index (χ1v) is 16.9. The number of aromatic nitrogens is 5. The number of sulfonamides is 1. The standard InChI is InChI=1S/C30H33ClN8O4S/c1-15-11-18(16(2)32-23-7-8-24(31)33-27(23)28(40)36-44(4,42)43)26-19(12-15)29(41)37(3)30(34-26)38-13-20-21(14-38)25(20)22-9-10-39(35-22)17-5-6-17/h7-12,16-17,20-21,25,32H,5-6,13-14H2,1-4H3,(H,36,40)/t16-,20-,21+,25?/m1/s1. The van der Waals surface area contributed by atoms with Crippen molar-refractivity contribution in [2.24, 2.45) is 18.9 Å². The van der Waals surface area contributed by atoms with E-state index in [9.17, 15) is 18.0 Å². The van der Waals surface area contributed by atoms with Crippen LogP contribution in [0.4, 0.5) is 11.6 Å². The van der Waals surface area contributed by atoms with Gasteiger partial charge in [0, 0.05) is 37.8 Å². The van der Waals surface area contributed by atoms with Crippen molar-refractivity contribution >= 4 is 50.1 Å². The number of rotatable bonds is 8. The molecule has 2 aliphatic carbocycles. The number of anilines is 2. The first-order chi connectivity index (χ1) is 20.9. The van der Waals surface area contributed by atoms with Crippen LogP contribution in [0.15, 0.2) is 41.3 Å². The predicted octanol–water partition coefficient (Wildman–Crippen LogP) is 3.53. The Labute approximate surface area is 259 Å². The van der Waals surface area contributed by atoms with Gasteiger partial charge in [-0.25, -0.2) is 23.1 Å². The van der Waals surface area contributed by atoms with Crippen molar-refractivity contribution in [3.8, 4) is 0 Å². The number of nitrogens with zero attached hydrogens (tertiary/aromatic N) is 6. The Balaban J connectivity index is 1.18. The van der Waals surface area contributed by atoms with Crippen LogP contribution in [-0.4, -0.2) is 58.0 Å². The number of benzene rings is 1. The molecule has 4 heterocycles. The highest BCUT2D eigenvalue weighted by Gasteiger charge is 2.58. The number of fused-ring (bicyclic) bond motifs is 2. The van der Waals surface area contributed by atoms with Gasteiger partial charge in [0.15, 0.2) is 5.69 Å². The molecular weight excluding hydrogens is 604 g/mol. The van der Waals surface area contributed by atoms with Gasteiger partial charge in [0.05, 0.1) is 40.6 Å². The summed E-state index contributed by atoms with van der Waals surface area (Å²) < 4.78 is 29.1. The number of amides is 1. The molecule has 12 nitrogen and oxygen atoms in total. The van der Waals surface area contributed by atoms with E-state index in [-0.39, 0.29) is 22.1 Å². The minimum absolute atomic E-state index is 0.0415. The summed E-state index contributed by atoms with van der Waals surface area (Å²) in [6.45, 7) is 5.41. The monoisotopic (exact) mass is 636 g/mol. The van der Waals surface area contributed by atoms with Crippen LogP contribution >= 0.6 is 11.6 Å². The molecule has 4 atom stereocenters. The molecule has 4 aromatic rings. The van der Waals surface area contributed by atoms with Gasteiger partial charge < -0.3 is 10.2 Å². The average Bonchev–Trinajstić information content (AvgIpc) is 3.82. The Hall–Kier alpha value is -3.97. The molecule has 0 bridgehead atoms. The molecule has 1 saturated heterocycles. The van der Waals surface area contributed by atoms with Gasteiger partial charge in [-0.05, 0) is 68.4 Å². The second-order valence-corrected chi connectivity index (χ2v) is 14.5. The molecule has 3 aromatic heterocycles. The second kappa shape index (κ2) is 10.3. The molecule has 3 fully saturated rings. The number of carbonyl (C=O) groups is 1. The third-order valence-electron chi connectivity index (χ3n) is 8.89. The van der Waals surface area contributed by atoms with E-state index in [0.717, 1.165) is 30.5 Å². The zero-order valence-corrected chi connectivity index (χ0v) is 26.4. The zero-order chi connectivity index (χ0) is 31.1. The normalized spacial score (nSPS) is 21.8. The minimum atomic E-state index is -3.82. The predicted molar refractivity (Wildman–Crippen MR) is 168 cm³/mol. The Bertz CT molecular complexity index is 1990. The van der Waals surface area contributed by atoms with E-state index in [0.29, 0.717) is 40.6 Å². The van der Waals surface area contributed by atoms with Gasteiger partial charge in [-0.2, -0.15) is 5.10 Å². The molecule has 230 valence electrons. The summed E-state index contributed by atoms with van der Waals surface area (Å²) in [5, 5.41) is 8.66. The molecule has 1 aromatic carbocycles. The van der Waals surface area contributed by atoms with Crippen LogP contribution in [0.25, 0.3) is 10.9 Å². The van der Waals surface area contributed by atoms with Crippen molar-refractivity contribution < 1.29 is 13.2 Å². The third kappa shape index (κ3) is 5.21. The fraction of sp³-hybridized carbons (Fsp3) is 0.433. The van der Waals surface area contributed by atoms with Crippen LogP contribution in [-0.2, 0) is 17.1 Å². The number of hydrogen-bond donors (Lipinski definition) is 2. The number of pyridine rings is 1. The van der Waals surface area contributed by atoms with Crippen LogP contribution in [0.3, 0.4) is 0 Å². The van der Waals surface area contributed by atoms with Crippen molar-refractivity contribution in [1.29, 1.82) is 0 Å². The van der Waals surface area contributed by atoms with Crippen molar-refractivity contribution in [2.45, 2.75) is 44.7 Å². The van der Waals surface area contributed by atoms with E-state index in [1.807, 2.05) is 30.7 Å². The molecule has 0 spiro atoms. The lowest BCUT2D eigenvalue weighted by Gasteiger charge is -2.25. The summed E-state index contributed by atoms with van der Waals surface area (Å²) in [6, 6.07) is 9.17. The lowest BCUT2D eigenvalue weighted by Crippen LogP contribution is -2.32. The zero-order valence-electron chi connectivity index (χ0n) is 24.8. The van der Waals surface area contributed by atoms with Crippen molar-refractivity contribution in [3.63, 3.8) is 0 Å². The summed E-state index contributed by atoms with van der Waals surface area (Å²) in [7, 11) is -2.06. The van der Waals surface area contributed by atoms with Gasteiger partial charge in [0.1, 0.15) is 5.15 Å². The Morgan fingerprint density at radius 3 is 2.52 bits per heavy atom. The average molecular weight is 637 g/mol. The highest BCUT2D eigenvalue weighted by molar-refractivity contribution is 7.89. The number of nitrogens with one attached hydrogen (secondary N) is 2. The maximum Gasteiger partial charge on any atom is 0.285 e. The molecule has 0 radical (unpaired) electrons. The van der Waals surface area contributed by atoms with Gasteiger partial charge in [-0.15, -0.1) is 0 Å². The van der Waals surface area contributed by atoms with Crippen molar-refractivity contribution in [2.75, 3.05) is 29.6 Å². The van der Waals surface area contributed by atoms with Crippen molar-refractivity contribution in [3.05, 3.63) is 74.6 Å². The van der Waals surface area contributed by atoms with E-state index < -0.39 is 22.0 Å². The number of carbonyl (C=O) groups excluding carboxylic acids is 1. The summed E-state index contributed by atoms with van der Waals surface area (Å²) in [5.74, 6) is 1.14. The number of aryl methyl sites for hydroxylation is 1. The van der Waals surface area contributed by atoms with E-state index in [4.69, 9.17) is 21.7 Å². The summed E-state index contributed by atoms with van der Waals surface area (Å²) in [4.78, 5) is 37.8. The quantitative estimate of drug-likeness (QED) is 0.278. The Morgan fingerprint density at radius 2 is 1.84 bits per heavy atom. The first kappa shape index (κ1) is 28.8. The van der Waals surface area contributed by atoms with Crippen LogP contribution in [0.2, 0.25) is 5.15 Å². The molecular formula is C30H33ClN8O4S. The molecule has 2 saturated carbocycles. The lowest BCUT2D eigenvalue weighted by atomic mass is 10.0. The Morgan fingerprint density at radius 1 is 1.11 bits per heavy atom. The molecule has 7 rings (SSSR count). The molecule has 1 unspecified atom stereocenters. The largest absolute Gasteiger partial charge is 0.377 e. The first-order valence-electron chi connectivity index (χ1n) is 14.6. The van der Waals surface area contributed by atoms with Gasteiger partial charge in [-0.1, -0.05) is 17.7 Å². The fourth-order valence-corrected chi connectivity index (χ4v) is 7.19. The minimum Gasteiger partial charge on any atom is -0.377 e. The van der Waals surface area contributed by atoms with Gasteiger partial charge in [0.2, 0.25) is 16.0 Å². The maximum atomic E-state index is 13.7. The highest BCUT2D eigenvalue weighted by atomic mass is 35.5. The topological polar surface area (TPSA) is 144 Å².